The van der Waals surface area contributed by atoms with E-state index in [2.05, 4.69) is 20.5 Å². The first-order valence-corrected chi connectivity index (χ1v) is 8.42. The molecule has 4 rings (SSSR count). The quantitative estimate of drug-likeness (QED) is 0.551. The molecule has 1 aliphatic rings. The van der Waals surface area contributed by atoms with Gasteiger partial charge < -0.3 is 15.1 Å². The second kappa shape index (κ2) is 6.80. The molecule has 1 aliphatic heterocycles. The third kappa shape index (κ3) is 3.26. The van der Waals surface area contributed by atoms with Crippen LogP contribution in [0.25, 0.3) is 11.0 Å². The monoisotopic (exact) mass is 372 g/mol. The Labute approximate surface area is 153 Å². The van der Waals surface area contributed by atoms with Crippen molar-refractivity contribution >= 4 is 33.8 Å². The van der Waals surface area contributed by atoms with Gasteiger partial charge in [-0.25, -0.2) is 9.02 Å². The van der Waals surface area contributed by atoms with Gasteiger partial charge in [0.2, 0.25) is 5.52 Å². The molecule has 27 heavy (non-hydrogen) atoms. The Morgan fingerprint density at radius 1 is 1.15 bits per heavy atom. The van der Waals surface area contributed by atoms with E-state index in [-0.39, 0.29) is 22.5 Å². The maximum atomic E-state index is 13.2. The van der Waals surface area contributed by atoms with E-state index in [9.17, 15) is 14.5 Å². The first kappa shape index (κ1) is 17.2. The highest BCUT2D eigenvalue weighted by molar-refractivity contribution is 6.00. The molecule has 0 amide bonds. The van der Waals surface area contributed by atoms with Gasteiger partial charge in [0, 0.05) is 31.9 Å². The lowest BCUT2D eigenvalue weighted by Crippen LogP contribution is -2.44. The topological polar surface area (TPSA) is 101 Å². The summed E-state index contributed by atoms with van der Waals surface area (Å²) in [5, 5.41) is 22.5. The summed E-state index contributed by atoms with van der Waals surface area (Å²) in [7, 11) is 2.01. The van der Waals surface area contributed by atoms with Gasteiger partial charge in [-0.05, 0) is 47.7 Å². The van der Waals surface area contributed by atoms with Crippen LogP contribution in [0.4, 0.5) is 27.1 Å². The van der Waals surface area contributed by atoms with Crippen molar-refractivity contribution in [3.63, 3.8) is 0 Å². The van der Waals surface area contributed by atoms with E-state index in [4.69, 9.17) is 4.63 Å². The molecule has 3 aromatic rings. The van der Waals surface area contributed by atoms with E-state index in [0.717, 1.165) is 13.1 Å². The number of fused-ring (bicyclic) bond motifs is 1. The number of rotatable bonds is 4. The number of anilines is 3. The summed E-state index contributed by atoms with van der Waals surface area (Å²) >= 11 is 0. The first-order valence-electron chi connectivity index (χ1n) is 8.42. The van der Waals surface area contributed by atoms with Crippen LogP contribution < -0.4 is 10.2 Å². The van der Waals surface area contributed by atoms with Crippen LogP contribution >= 0.6 is 0 Å². The Kier molecular flexibility index (Phi) is 4.32. The molecule has 1 N–H and O–H groups in total. The summed E-state index contributed by atoms with van der Waals surface area (Å²) in [6, 6.07) is 7.48. The molecule has 9 nitrogen and oxygen atoms in total. The molecule has 0 bridgehead atoms. The highest BCUT2D eigenvalue weighted by Crippen LogP contribution is 2.40. The fourth-order valence-electron chi connectivity index (χ4n) is 3.17. The number of aromatic nitrogens is 2. The van der Waals surface area contributed by atoms with Crippen molar-refractivity contribution in [1.82, 2.24) is 15.2 Å². The number of nitro benzene ring substituents is 1. The number of piperazine rings is 1. The highest BCUT2D eigenvalue weighted by atomic mass is 19.1. The van der Waals surface area contributed by atoms with Gasteiger partial charge in [0.15, 0.2) is 5.52 Å². The van der Waals surface area contributed by atoms with E-state index in [1.807, 2.05) is 11.9 Å². The summed E-state index contributed by atoms with van der Waals surface area (Å²) in [6.45, 7) is 2.91. The molecule has 0 spiro atoms. The zero-order chi connectivity index (χ0) is 19.0. The van der Waals surface area contributed by atoms with Gasteiger partial charge in [0.05, 0.1) is 10.6 Å². The average Bonchev–Trinajstić information content (AvgIpc) is 3.13. The van der Waals surface area contributed by atoms with Crippen molar-refractivity contribution in [2.45, 2.75) is 0 Å². The minimum Gasteiger partial charge on any atom is -0.363 e. The molecule has 140 valence electrons. The van der Waals surface area contributed by atoms with Gasteiger partial charge in [0.1, 0.15) is 11.5 Å². The normalized spacial score (nSPS) is 15.3. The van der Waals surface area contributed by atoms with Crippen LogP contribution in [-0.4, -0.2) is 53.4 Å². The van der Waals surface area contributed by atoms with E-state index in [1.165, 1.54) is 12.1 Å². The van der Waals surface area contributed by atoms with Crippen molar-refractivity contribution in [2.24, 2.45) is 0 Å². The molecular formula is C17H17FN6O3. The smallest absolute Gasteiger partial charge is 0.323 e. The van der Waals surface area contributed by atoms with Gasteiger partial charge in [0.25, 0.3) is 0 Å². The number of halogens is 1. The van der Waals surface area contributed by atoms with Crippen molar-refractivity contribution in [2.75, 3.05) is 43.4 Å². The maximum absolute atomic E-state index is 13.2. The number of benzene rings is 2. The minimum atomic E-state index is -0.456. The Balaban J connectivity index is 1.81. The SMILES string of the molecule is CN1CCN(c2cc(Nc3ccc(F)cc3)c3nonc3c2[N+](=O)[O-])CC1. The van der Waals surface area contributed by atoms with Crippen LogP contribution in [0.3, 0.4) is 0 Å². The Hall–Kier alpha value is -3.27. The van der Waals surface area contributed by atoms with Crippen LogP contribution in [-0.2, 0) is 0 Å². The zero-order valence-corrected chi connectivity index (χ0v) is 14.6. The predicted octanol–water partition coefficient (Wildman–Crippen LogP) is 2.77. The Morgan fingerprint density at radius 2 is 1.81 bits per heavy atom. The van der Waals surface area contributed by atoms with Crippen LogP contribution in [0.2, 0.25) is 0 Å². The molecule has 1 saturated heterocycles. The van der Waals surface area contributed by atoms with E-state index in [1.54, 1.807) is 18.2 Å². The van der Waals surface area contributed by atoms with Crippen LogP contribution in [0.15, 0.2) is 35.0 Å². The van der Waals surface area contributed by atoms with Gasteiger partial charge >= 0.3 is 5.69 Å². The van der Waals surface area contributed by atoms with Crippen molar-refractivity contribution < 1.29 is 13.9 Å². The molecule has 2 aromatic carbocycles. The number of nitrogens with zero attached hydrogens (tertiary/aromatic N) is 5. The van der Waals surface area contributed by atoms with Crippen LogP contribution in [0, 0.1) is 15.9 Å². The summed E-state index contributed by atoms with van der Waals surface area (Å²) in [5.41, 5.74) is 1.81. The third-order valence-electron chi connectivity index (χ3n) is 4.64. The van der Waals surface area contributed by atoms with E-state index < -0.39 is 4.92 Å². The van der Waals surface area contributed by atoms with Crippen LogP contribution in [0.5, 0.6) is 0 Å². The lowest BCUT2D eigenvalue weighted by molar-refractivity contribution is -0.382. The Morgan fingerprint density at radius 3 is 2.48 bits per heavy atom. The summed E-state index contributed by atoms with van der Waals surface area (Å²) in [4.78, 5) is 15.4. The molecule has 10 heteroatoms. The van der Waals surface area contributed by atoms with Gasteiger partial charge in [-0.1, -0.05) is 0 Å². The summed E-state index contributed by atoms with van der Waals surface area (Å²) < 4.78 is 17.9. The number of hydrogen-bond acceptors (Lipinski definition) is 8. The second-order valence-corrected chi connectivity index (χ2v) is 6.43. The summed E-state index contributed by atoms with van der Waals surface area (Å²) in [5.74, 6) is -0.351. The number of nitro groups is 1. The second-order valence-electron chi connectivity index (χ2n) is 6.43. The lowest BCUT2D eigenvalue weighted by atomic mass is 10.1. The van der Waals surface area contributed by atoms with E-state index >= 15 is 0 Å². The third-order valence-corrected chi connectivity index (χ3v) is 4.64. The Bertz CT molecular complexity index is 982. The van der Waals surface area contributed by atoms with Crippen molar-refractivity contribution in [1.29, 1.82) is 0 Å². The molecule has 1 aromatic heterocycles. The summed E-state index contributed by atoms with van der Waals surface area (Å²) in [6.07, 6.45) is 0. The van der Waals surface area contributed by atoms with Crippen molar-refractivity contribution in [3.8, 4) is 0 Å². The number of nitrogens with one attached hydrogen (secondary N) is 1. The molecule has 0 saturated carbocycles. The molecule has 0 atom stereocenters. The molecule has 2 heterocycles. The fraction of sp³-hybridized carbons (Fsp3) is 0.294. The maximum Gasteiger partial charge on any atom is 0.323 e. The van der Waals surface area contributed by atoms with Crippen molar-refractivity contribution in [3.05, 3.63) is 46.3 Å². The molecule has 0 radical (unpaired) electrons. The zero-order valence-electron chi connectivity index (χ0n) is 14.6. The van der Waals surface area contributed by atoms with E-state index in [0.29, 0.717) is 30.2 Å². The largest absolute Gasteiger partial charge is 0.363 e. The minimum absolute atomic E-state index is 0.0843. The molecule has 0 aliphatic carbocycles. The van der Waals surface area contributed by atoms with Crippen LogP contribution in [0.1, 0.15) is 0 Å². The predicted molar refractivity (Wildman–Crippen MR) is 97.9 cm³/mol. The molecule has 0 unspecified atom stereocenters. The fourth-order valence-corrected chi connectivity index (χ4v) is 3.17. The standard InChI is InChI=1S/C17H17FN6O3/c1-22-6-8-23(9-7-22)14-10-13(19-12-4-2-11(18)3-5-12)15-16(21-27-20-15)17(14)24(25)26/h2-5,10,19H,6-9H2,1H3. The van der Waals surface area contributed by atoms with Gasteiger partial charge in [-0.2, -0.15) is 0 Å². The lowest BCUT2D eigenvalue weighted by Gasteiger charge is -2.33. The molecule has 1 fully saturated rings. The first-order chi connectivity index (χ1) is 13.0. The number of hydrogen-bond donors (Lipinski definition) is 1. The highest BCUT2D eigenvalue weighted by Gasteiger charge is 2.30. The van der Waals surface area contributed by atoms with Gasteiger partial charge in [-0.3, -0.25) is 10.1 Å². The number of likely N-dealkylation sites (N-methyl/N-ethyl adjacent to an activating group) is 1. The average molecular weight is 372 g/mol. The molecular weight excluding hydrogens is 355 g/mol. The van der Waals surface area contributed by atoms with Gasteiger partial charge in [-0.15, -0.1) is 0 Å².